The van der Waals surface area contributed by atoms with E-state index in [0.717, 1.165) is 23.1 Å². The third-order valence-corrected chi connectivity index (χ3v) is 8.60. The molecule has 3 heterocycles. The number of alkyl halides is 3. The number of amides is 2. The molecule has 0 aliphatic carbocycles. The average Bonchev–Trinajstić information content (AvgIpc) is 3.28. The Morgan fingerprint density at radius 2 is 1.54 bits per heavy atom. The molecular weight excluding hydrogens is 531 g/mol. The summed E-state index contributed by atoms with van der Waals surface area (Å²) in [6, 6.07) is 13.1. The summed E-state index contributed by atoms with van der Waals surface area (Å²) in [5.41, 5.74) is 3.09. The molecule has 10 heteroatoms. The van der Waals surface area contributed by atoms with Crippen LogP contribution in [0.5, 0.6) is 0 Å². The summed E-state index contributed by atoms with van der Waals surface area (Å²) in [7, 11) is 0. The molecule has 3 saturated heterocycles. The molecule has 0 spiro atoms. The standard InChI is InChI=1S/C29H33ClF3N3O3/c30-26-18-21(5-6-25(26)28(39)34-12-8-23(9-13-34)29(31,32)33)20-3-1-19(2-4-20)17-22-7-16-36(27(22)38)35-14-10-24(37)11-15-35/h1-6,18,22-24,37H,7-17H2. The highest BCUT2D eigenvalue weighted by molar-refractivity contribution is 6.34. The predicted octanol–water partition coefficient (Wildman–Crippen LogP) is 5.18. The molecule has 5 rings (SSSR count). The highest BCUT2D eigenvalue weighted by Crippen LogP contribution is 2.35. The van der Waals surface area contributed by atoms with Crippen LogP contribution >= 0.6 is 11.6 Å². The van der Waals surface area contributed by atoms with Crippen LogP contribution in [0.2, 0.25) is 5.02 Å². The molecule has 0 radical (unpaired) electrons. The van der Waals surface area contributed by atoms with Crippen LogP contribution in [0.25, 0.3) is 11.1 Å². The molecule has 0 bridgehead atoms. The molecule has 0 saturated carbocycles. The lowest BCUT2D eigenvalue weighted by Gasteiger charge is -2.36. The van der Waals surface area contributed by atoms with Gasteiger partial charge in [-0.15, -0.1) is 0 Å². The highest BCUT2D eigenvalue weighted by atomic mass is 35.5. The second-order valence-electron chi connectivity index (χ2n) is 10.8. The summed E-state index contributed by atoms with van der Waals surface area (Å²) in [6.45, 7) is 2.24. The quantitative estimate of drug-likeness (QED) is 0.544. The first-order valence-corrected chi connectivity index (χ1v) is 14.0. The topological polar surface area (TPSA) is 64.1 Å². The fourth-order valence-corrected chi connectivity index (χ4v) is 6.11. The highest BCUT2D eigenvalue weighted by Gasteiger charge is 2.42. The fourth-order valence-electron chi connectivity index (χ4n) is 5.85. The van der Waals surface area contributed by atoms with Gasteiger partial charge in [-0.25, -0.2) is 5.01 Å². The molecule has 1 atom stereocenters. The van der Waals surface area contributed by atoms with Crippen LogP contribution in [0, 0.1) is 11.8 Å². The largest absolute Gasteiger partial charge is 0.393 e. The van der Waals surface area contributed by atoms with E-state index < -0.39 is 12.1 Å². The van der Waals surface area contributed by atoms with Gasteiger partial charge in [0.1, 0.15) is 0 Å². The van der Waals surface area contributed by atoms with Crippen molar-refractivity contribution in [2.24, 2.45) is 11.8 Å². The zero-order valence-corrected chi connectivity index (χ0v) is 22.4. The van der Waals surface area contributed by atoms with Crippen LogP contribution in [0.3, 0.4) is 0 Å². The molecule has 3 aliphatic rings. The van der Waals surface area contributed by atoms with Crippen molar-refractivity contribution in [1.82, 2.24) is 14.9 Å². The zero-order chi connectivity index (χ0) is 27.7. The summed E-state index contributed by atoms with van der Waals surface area (Å²) in [4.78, 5) is 27.4. The Bertz CT molecular complexity index is 1190. The number of piperidine rings is 2. The summed E-state index contributed by atoms with van der Waals surface area (Å²) in [5.74, 6) is -1.63. The molecule has 1 unspecified atom stereocenters. The number of aliphatic hydroxyl groups is 1. The number of hydrogen-bond donors (Lipinski definition) is 1. The van der Waals surface area contributed by atoms with Crippen LogP contribution in [0.1, 0.15) is 48.0 Å². The Morgan fingerprint density at radius 1 is 0.897 bits per heavy atom. The number of likely N-dealkylation sites (tertiary alicyclic amines) is 1. The van der Waals surface area contributed by atoms with Crippen molar-refractivity contribution in [3.63, 3.8) is 0 Å². The average molecular weight is 564 g/mol. The third-order valence-electron chi connectivity index (χ3n) is 8.29. The molecule has 6 nitrogen and oxygen atoms in total. The van der Waals surface area contributed by atoms with Gasteiger partial charge in [0.25, 0.3) is 5.91 Å². The van der Waals surface area contributed by atoms with Crippen LogP contribution in [-0.4, -0.2) is 76.8 Å². The first-order valence-electron chi connectivity index (χ1n) is 13.6. The fraction of sp³-hybridized carbons (Fsp3) is 0.517. The molecule has 1 N–H and O–H groups in total. The van der Waals surface area contributed by atoms with E-state index in [2.05, 4.69) is 5.01 Å². The summed E-state index contributed by atoms with van der Waals surface area (Å²) < 4.78 is 38.9. The van der Waals surface area contributed by atoms with Gasteiger partial charge in [-0.1, -0.05) is 41.9 Å². The van der Waals surface area contributed by atoms with Gasteiger partial charge in [0.15, 0.2) is 0 Å². The maximum atomic E-state index is 13.0. The summed E-state index contributed by atoms with van der Waals surface area (Å²) in [6.07, 6.45) is -1.84. The molecule has 2 aromatic carbocycles. The van der Waals surface area contributed by atoms with E-state index >= 15 is 0 Å². The van der Waals surface area contributed by atoms with Crippen molar-refractivity contribution < 1.29 is 27.9 Å². The Hall–Kier alpha value is -2.62. The first kappa shape index (κ1) is 27.9. The van der Waals surface area contributed by atoms with Gasteiger partial charge < -0.3 is 10.0 Å². The number of hydrazine groups is 1. The summed E-state index contributed by atoms with van der Waals surface area (Å²) in [5, 5.41) is 13.9. The maximum Gasteiger partial charge on any atom is 0.391 e. The molecular formula is C29H33ClF3N3O3. The number of aliphatic hydroxyl groups excluding tert-OH is 1. The lowest BCUT2D eigenvalue weighted by molar-refractivity contribution is -0.183. The van der Waals surface area contributed by atoms with Gasteiger partial charge >= 0.3 is 6.18 Å². The normalized spacial score (nSPS) is 22.1. The number of carbonyl (C=O) groups is 2. The van der Waals surface area contributed by atoms with Crippen molar-refractivity contribution in [3.8, 4) is 11.1 Å². The van der Waals surface area contributed by atoms with Gasteiger partial charge in [0.05, 0.1) is 22.6 Å². The van der Waals surface area contributed by atoms with Gasteiger partial charge in [-0.2, -0.15) is 13.2 Å². The molecule has 2 aromatic rings. The number of hydrogen-bond acceptors (Lipinski definition) is 4. The van der Waals surface area contributed by atoms with E-state index in [9.17, 15) is 27.9 Å². The van der Waals surface area contributed by atoms with E-state index in [-0.39, 0.29) is 60.4 Å². The molecule has 3 fully saturated rings. The third kappa shape index (κ3) is 6.26. The van der Waals surface area contributed by atoms with Crippen LogP contribution in [0.15, 0.2) is 42.5 Å². The minimum atomic E-state index is -4.23. The van der Waals surface area contributed by atoms with Crippen molar-refractivity contribution in [3.05, 3.63) is 58.6 Å². The molecule has 39 heavy (non-hydrogen) atoms. The second-order valence-corrected chi connectivity index (χ2v) is 11.2. The van der Waals surface area contributed by atoms with Gasteiger partial charge in [-0.3, -0.25) is 14.6 Å². The van der Waals surface area contributed by atoms with Crippen molar-refractivity contribution >= 4 is 23.4 Å². The zero-order valence-electron chi connectivity index (χ0n) is 21.7. The number of benzene rings is 2. The predicted molar refractivity (Wildman–Crippen MR) is 142 cm³/mol. The molecule has 0 aromatic heterocycles. The monoisotopic (exact) mass is 563 g/mol. The lowest BCUT2D eigenvalue weighted by atomic mass is 9.95. The minimum Gasteiger partial charge on any atom is -0.393 e. The van der Waals surface area contributed by atoms with E-state index in [1.807, 2.05) is 29.3 Å². The maximum absolute atomic E-state index is 13.0. The van der Waals surface area contributed by atoms with Crippen molar-refractivity contribution in [2.75, 3.05) is 32.7 Å². The SMILES string of the molecule is O=C(c1ccc(-c2ccc(CC3CCN(N4CCC(O)CC4)C3=O)cc2)cc1Cl)N1CCC(C(F)(F)F)CC1. The van der Waals surface area contributed by atoms with Gasteiger partial charge in [0, 0.05) is 38.6 Å². The van der Waals surface area contributed by atoms with Gasteiger partial charge in [-0.05, 0) is 67.3 Å². The minimum absolute atomic E-state index is 0.0605. The Balaban J connectivity index is 1.18. The summed E-state index contributed by atoms with van der Waals surface area (Å²) >= 11 is 6.45. The van der Waals surface area contributed by atoms with Crippen molar-refractivity contribution in [1.29, 1.82) is 0 Å². The first-order chi connectivity index (χ1) is 18.6. The number of rotatable bonds is 5. The van der Waals surface area contributed by atoms with Crippen LogP contribution in [-0.2, 0) is 11.2 Å². The molecule has 3 aliphatic heterocycles. The Labute approximate surface area is 231 Å². The van der Waals surface area contributed by atoms with Crippen LogP contribution in [0.4, 0.5) is 13.2 Å². The van der Waals surface area contributed by atoms with Gasteiger partial charge in [0.2, 0.25) is 5.91 Å². The van der Waals surface area contributed by atoms with E-state index in [0.29, 0.717) is 38.9 Å². The smallest absolute Gasteiger partial charge is 0.391 e. The number of halogens is 4. The second kappa shape index (κ2) is 11.5. The van der Waals surface area contributed by atoms with E-state index in [1.54, 1.807) is 18.2 Å². The molecule has 210 valence electrons. The van der Waals surface area contributed by atoms with Crippen LogP contribution < -0.4 is 0 Å². The Morgan fingerprint density at radius 3 is 2.15 bits per heavy atom. The number of carbonyl (C=O) groups excluding carboxylic acids is 2. The number of nitrogens with zero attached hydrogens (tertiary/aromatic N) is 3. The molecule has 2 amide bonds. The van der Waals surface area contributed by atoms with Crippen molar-refractivity contribution in [2.45, 2.75) is 50.8 Å². The Kier molecular flexibility index (Phi) is 8.21. The lowest BCUT2D eigenvalue weighted by Crippen LogP contribution is -2.49. The van der Waals surface area contributed by atoms with E-state index in [4.69, 9.17) is 11.6 Å². The van der Waals surface area contributed by atoms with E-state index in [1.165, 1.54) is 4.90 Å².